The van der Waals surface area contributed by atoms with Crippen LogP contribution in [0, 0.1) is 5.92 Å². The van der Waals surface area contributed by atoms with Crippen LogP contribution in [0.3, 0.4) is 0 Å². The van der Waals surface area contributed by atoms with E-state index in [1.54, 1.807) is 6.92 Å². The van der Waals surface area contributed by atoms with Gasteiger partial charge < -0.3 is 15.0 Å². The number of ether oxygens (including phenoxy) is 1. The van der Waals surface area contributed by atoms with Gasteiger partial charge in [-0.2, -0.15) is 0 Å². The zero-order valence-corrected chi connectivity index (χ0v) is 19.1. The smallest absolute Gasteiger partial charge is 0.341 e. The molecule has 0 radical (unpaired) electrons. The van der Waals surface area contributed by atoms with Crippen molar-refractivity contribution in [3.63, 3.8) is 0 Å². The molecule has 0 atom stereocenters. The number of thiophene rings is 1. The molecular formula is C22H33N3O4S. The van der Waals surface area contributed by atoms with E-state index >= 15 is 0 Å². The van der Waals surface area contributed by atoms with Crippen LogP contribution in [0.25, 0.3) is 0 Å². The largest absolute Gasteiger partial charge is 0.462 e. The fourth-order valence-electron chi connectivity index (χ4n) is 4.07. The topological polar surface area (TPSA) is 79.0 Å². The Morgan fingerprint density at radius 3 is 2.37 bits per heavy atom. The van der Waals surface area contributed by atoms with Crippen LogP contribution in [0.5, 0.6) is 0 Å². The normalized spacial score (nSPS) is 17.6. The van der Waals surface area contributed by atoms with Crippen LogP contribution in [-0.2, 0) is 14.3 Å². The first-order chi connectivity index (χ1) is 14.5. The van der Waals surface area contributed by atoms with Gasteiger partial charge in [0.1, 0.15) is 5.00 Å². The zero-order valence-electron chi connectivity index (χ0n) is 18.2. The van der Waals surface area contributed by atoms with E-state index in [4.69, 9.17) is 4.74 Å². The number of hydrogen-bond acceptors (Lipinski definition) is 6. The molecule has 1 aliphatic carbocycles. The van der Waals surface area contributed by atoms with Crippen molar-refractivity contribution in [3.8, 4) is 0 Å². The second-order valence-electron chi connectivity index (χ2n) is 8.00. The van der Waals surface area contributed by atoms with Gasteiger partial charge in [-0.05, 0) is 76.4 Å². The van der Waals surface area contributed by atoms with Crippen LogP contribution in [0.15, 0.2) is 5.38 Å². The van der Waals surface area contributed by atoms with Crippen molar-refractivity contribution in [2.75, 3.05) is 44.6 Å². The Balaban J connectivity index is 1.54. The Kier molecular flexibility index (Phi) is 7.88. The molecule has 0 spiro atoms. The number of esters is 1. The summed E-state index contributed by atoms with van der Waals surface area (Å²) in [4.78, 5) is 41.6. The minimum Gasteiger partial charge on any atom is -0.462 e. The number of amides is 2. The summed E-state index contributed by atoms with van der Waals surface area (Å²) in [7, 11) is 0. The number of carbonyl (C=O) groups is 3. The van der Waals surface area contributed by atoms with E-state index < -0.39 is 0 Å². The zero-order chi connectivity index (χ0) is 21.7. The first kappa shape index (κ1) is 22.7. The van der Waals surface area contributed by atoms with Gasteiger partial charge in [0.2, 0.25) is 11.8 Å². The molecule has 30 heavy (non-hydrogen) atoms. The SMILES string of the molecule is CCOC(=O)c1c(C2CC2)csc1NC(=O)CN1CCC(C(=O)N(CC)CC)CC1. The van der Waals surface area contributed by atoms with Crippen LogP contribution in [0.1, 0.15) is 68.3 Å². The van der Waals surface area contributed by atoms with Crippen molar-refractivity contribution in [1.29, 1.82) is 0 Å². The van der Waals surface area contributed by atoms with Gasteiger partial charge in [-0.15, -0.1) is 11.3 Å². The lowest BCUT2D eigenvalue weighted by Gasteiger charge is -2.33. The highest BCUT2D eigenvalue weighted by Crippen LogP contribution is 2.46. The van der Waals surface area contributed by atoms with Gasteiger partial charge in [0.05, 0.1) is 18.7 Å². The molecule has 8 heteroatoms. The number of piperidine rings is 1. The molecule has 166 valence electrons. The Hall–Kier alpha value is -1.93. The van der Waals surface area contributed by atoms with Crippen LogP contribution >= 0.6 is 11.3 Å². The summed E-state index contributed by atoms with van der Waals surface area (Å²) in [6, 6.07) is 0. The predicted molar refractivity (Wildman–Crippen MR) is 118 cm³/mol. The molecule has 2 heterocycles. The van der Waals surface area contributed by atoms with Crippen molar-refractivity contribution >= 4 is 34.1 Å². The molecular weight excluding hydrogens is 402 g/mol. The lowest BCUT2D eigenvalue weighted by molar-refractivity contribution is -0.136. The summed E-state index contributed by atoms with van der Waals surface area (Å²) in [6.45, 7) is 9.32. The maximum Gasteiger partial charge on any atom is 0.341 e. The third kappa shape index (κ3) is 5.40. The Labute approximate surface area is 182 Å². The van der Waals surface area contributed by atoms with Gasteiger partial charge in [-0.25, -0.2) is 4.79 Å². The summed E-state index contributed by atoms with van der Waals surface area (Å²) < 4.78 is 5.22. The highest BCUT2D eigenvalue weighted by molar-refractivity contribution is 7.15. The highest BCUT2D eigenvalue weighted by atomic mass is 32.1. The monoisotopic (exact) mass is 435 g/mol. The van der Waals surface area contributed by atoms with Gasteiger partial charge >= 0.3 is 5.97 Å². The average molecular weight is 436 g/mol. The molecule has 2 aliphatic rings. The number of rotatable bonds is 9. The van der Waals surface area contributed by atoms with Gasteiger partial charge in [-0.1, -0.05) is 0 Å². The molecule has 7 nitrogen and oxygen atoms in total. The third-order valence-electron chi connectivity index (χ3n) is 5.95. The maximum atomic E-state index is 12.7. The molecule has 2 amide bonds. The van der Waals surface area contributed by atoms with Crippen LogP contribution in [-0.4, -0.2) is 66.9 Å². The van der Waals surface area contributed by atoms with E-state index in [0.29, 0.717) is 23.1 Å². The van der Waals surface area contributed by atoms with E-state index in [0.717, 1.165) is 57.4 Å². The summed E-state index contributed by atoms with van der Waals surface area (Å²) in [5, 5.41) is 5.50. The molecule has 0 bridgehead atoms. The first-order valence-corrected chi connectivity index (χ1v) is 12.0. The number of hydrogen-bond donors (Lipinski definition) is 1. The van der Waals surface area contributed by atoms with Crippen molar-refractivity contribution < 1.29 is 19.1 Å². The standard InChI is InChI=1S/C22H33N3O4S/c1-4-25(5-2)21(27)16-9-11-24(12-10-16)13-18(26)23-20-19(22(28)29-6-3)17(14-30-20)15-7-8-15/h14-16H,4-13H2,1-3H3,(H,23,26). The maximum absolute atomic E-state index is 12.7. The van der Waals surface area contributed by atoms with Crippen molar-refractivity contribution in [1.82, 2.24) is 9.80 Å². The Bertz CT molecular complexity index is 762. The summed E-state index contributed by atoms with van der Waals surface area (Å²) >= 11 is 1.40. The lowest BCUT2D eigenvalue weighted by Crippen LogP contribution is -2.44. The van der Waals surface area contributed by atoms with Crippen molar-refractivity contribution in [2.24, 2.45) is 5.92 Å². The van der Waals surface area contributed by atoms with Gasteiger partial charge in [0, 0.05) is 19.0 Å². The summed E-state index contributed by atoms with van der Waals surface area (Å²) in [6.07, 6.45) is 3.72. The van der Waals surface area contributed by atoms with E-state index in [1.165, 1.54) is 11.3 Å². The third-order valence-corrected chi connectivity index (χ3v) is 6.86. The lowest BCUT2D eigenvalue weighted by atomic mass is 9.95. The molecule has 0 aromatic carbocycles. The second kappa shape index (κ2) is 10.4. The fraction of sp³-hybridized carbons (Fsp3) is 0.682. The van der Waals surface area contributed by atoms with Gasteiger partial charge in [0.25, 0.3) is 0 Å². The van der Waals surface area contributed by atoms with E-state index in [1.807, 2.05) is 24.1 Å². The van der Waals surface area contributed by atoms with Crippen LogP contribution in [0.2, 0.25) is 0 Å². The second-order valence-corrected chi connectivity index (χ2v) is 8.88. The first-order valence-electron chi connectivity index (χ1n) is 11.1. The van der Waals surface area contributed by atoms with Crippen LogP contribution < -0.4 is 5.32 Å². The number of likely N-dealkylation sites (tertiary alicyclic amines) is 1. The number of anilines is 1. The quantitative estimate of drug-likeness (QED) is 0.602. The van der Waals surface area contributed by atoms with E-state index in [2.05, 4.69) is 10.2 Å². The molecule has 1 saturated carbocycles. The predicted octanol–water partition coefficient (Wildman–Crippen LogP) is 3.32. The summed E-state index contributed by atoms with van der Waals surface area (Å²) in [5.74, 6) is 0.214. The van der Waals surface area contributed by atoms with Crippen molar-refractivity contribution in [3.05, 3.63) is 16.5 Å². The molecule has 1 saturated heterocycles. The van der Waals surface area contributed by atoms with E-state index in [-0.39, 0.29) is 30.2 Å². The summed E-state index contributed by atoms with van der Waals surface area (Å²) in [5.41, 5.74) is 1.53. The van der Waals surface area contributed by atoms with E-state index in [9.17, 15) is 14.4 Å². The Morgan fingerprint density at radius 1 is 1.13 bits per heavy atom. The van der Waals surface area contributed by atoms with Gasteiger partial charge in [0.15, 0.2) is 0 Å². The molecule has 1 aromatic heterocycles. The molecule has 3 rings (SSSR count). The number of nitrogens with one attached hydrogen (secondary N) is 1. The molecule has 1 aliphatic heterocycles. The van der Waals surface area contributed by atoms with Crippen molar-refractivity contribution in [2.45, 2.75) is 52.4 Å². The highest BCUT2D eigenvalue weighted by Gasteiger charge is 2.33. The number of nitrogens with zero attached hydrogens (tertiary/aromatic N) is 2. The van der Waals surface area contributed by atoms with Crippen LogP contribution in [0.4, 0.5) is 5.00 Å². The molecule has 1 aromatic rings. The molecule has 0 unspecified atom stereocenters. The fourth-order valence-corrected chi connectivity index (χ4v) is 5.12. The number of carbonyl (C=O) groups excluding carboxylic acids is 3. The molecule has 2 fully saturated rings. The minimum atomic E-state index is -0.355. The Morgan fingerprint density at radius 2 is 1.80 bits per heavy atom. The average Bonchev–Trinajstić information content (AvgIpc) is 3.50. The van der Waals surface area contributed by atoms with Gasteiger partial charge in [-0.3, -0.25) is 14.5 Å². The minimum absolute atomic E-state index is 0.0537. The molecule has 1 N–H and O–H groups in total.